The third kappa shape index (κ3) is 3.30. The first-order valence-corrected chi connectivity index (χ1v) is 7.00. The van der Waals surface area contributed by atoms with Gasteiger partial charge in [0, 0.05) is 11.5 Å². The van der Waals surface area contributed by atoms with E-state index in [4.69, 9.17) is 4.74 Å². The maximum Gasteiger partial charge on any atom is 0.249 e. The molecule has 1 aromatic heterocycles. The number of halogens is 1. The lowest BCUT2D eigenvalue weighted by atomic mass is 10.1. The average Bonchev–Trinajstić information content (AvgIpc) is 2.73. The first kappa shape index (κ1) is 12.1. The third-order valence-electron chi connectivity index (χ3n) is 2.54. The molecule has 0 bridgehead atoms. The Bertz CT molecular complexity index is 361. The average molecular weight is 304 g/mol. The van der Waals surface area contributed by atoms with Crippen molar-refractivity contribution in [3.8, 4) is 0 Å². The second kappa shape index (κ2) is 5.80. The molecule has 16 heavy (non-hydrogen) atoms. The minimum Gasteiger partial charge on any atom is -0.368 e. The molecule has 0 spiro atoms. The summed E-state index contributed by atoms with van der Waals surface area (Å²) in [5, 5.41) is 2.91. The summed E-state index contributed by atoms with van der Waals surface area (Å²) in [4.78, 5) is 12.9. The maximum atomic E-state index is 11.7. The molecule has 0 aliphatic carbocycles. The highest BCUT2D eigenvalue weighted by Gasteiger charge is 2.21. The van der Waals surface area contributed by atoms with Crippen LogP contribution in [0.3, 0.4) is 0 Å². The van der Waals surface area contributed by atoms with Crippen molar-refractivity contribution in [2.24, 2.45) is 0 Å². The van der Waals surface area contributed by atoms with Gasteiger partial charge in [-0.15, -0.1) is 11.3 Å². The SMILES string of the molecule is O=C(NCc1ccc(Br)s1)C1CCCCO1. The molecule has 0 radical (unpaired) electrons. The minimum atomic E-state index is -0.239. The standard InChI is InChI=1S/C11H14BrNO2S/c12-10-5-4-8(16-10)7-13-11(14)9-3-1-2-6-15-9/h4-5,9H,1-3,6-7H2,(H,13,14). The molecular formula is C11H14BrNO2S. The van der Waals surface area contributed by atoms with Crippen molar-refractivity contribution in [3.05, 3.63) is 20.8 Å². The van der Waals surface area contributed by atoms with Gasteiger partial charge in [-0.2, -0.15) is 0 Å². The number of amides is 1. The molecule has 1 unspecified atom stereocenters. The molecule has 1 saturated heterocycles. The lowest BCUT2D eigenvalue weighted by Gasteiger charge is -2.21. The molecular weight excluding hydrogens is 290 g/mol. The molecule has 1 aromatic rings. The molecule has 3 nitrogen and oxygen atoms in total. The topological polar surface area (TPSA) is 38.3 Å². The molecule has 0 aromatic carbocycles. The van der Waals surface area contributed by atoms with Crippen LogP contribution in [0, 0.1) is 0 Å². The van der Waals surface area contributed by atoms with E-state index >= 15 is 0 Å². The van der Waals surface area contributed by atoms with E-state index in [-0.39, 0.29) is 12.0 Å². The fourth-order valence-electron chi connectivity index (χ4n) is 1.68. The highest BCUT2D eigenvalue weighted by Crippen LogP contribution is 2.22. The van der Waals surface area contributed by atoms with Gasteiger partial charge < -0.3 is 10.1 Å². The summed E-state index contributed by atoms with van der Waals surface area (Å²) >= 11 is 5.03. The van der Waals surface area contributed by atoms with Crippen LogP contribution in [0.1, 0.15) is 24.1 Å². The largest absolute Gasteiger partial charge is 0.368 e. The molecule has 88 valence electrons. The summed E-state index contributed by atoms with van der Waals surface area (Å²) in [5.74, 6) is 0.0178. The van der Waals surface area contributed by atoms with Crippen LogP contribution in [0.15, 0.2) is 15.9 Å². The summed E-state index contributed by atoms with van der Waals surface area (Å²) in [6, 6.07) is 4.00. The van der Waals surface area contributed by atoms with E-state index < -0.39 is 0 Å². The van der Waals surface area contributed by atoms with Gasteiger partial charge in [0.1, 0.15) is 6.10 Å². The van der Waals surface area contributed by atoms with Crippen molar-refractivity contribution in [2.45, 2.75) is 31.9 Å². The number of carbonyl (C=O) groups excluding carboxylic acids is 1. The van der Waals surface area contributed by atoms with Gasteiger partial charge in [0.25, 0.3) is 0 Å². The number of thiophene rings is 1. The quantitative estimate of drug-likeness (QED) is 0.932. The van der Waals surface area contributed by atoms with Gasteiger partial charge in [0.05, 0.1) is 10.3 Å². The lowest BCUT2D eigenvalue weighted by Crippen LogP contribution is -2.37. The Morgan fingerprint density at radius 2 is 2.44 bits per heavy atom. The van der Waals surface area contributed by atoms with E-state index in [0.29, 0.717) is 13.2 Å². The molecule has 1 N–H and O–H groups in total. The molecule has 0 saturated carbocycles. The van der Waals surface area contributed by atoms with E-state index in [2.05, 4.69) is 21.2 Å². The second-order valence-corrected chi connectivity index (χ2v) is 6.33. The summed E-state index contributed by atoms with van der Waals surface area (Å²) in [6.07, 6.45) is 2.77. The number of hydrogen-bond acceptors (Lipinski definition) is 3. The fourth-order valence-corrected chi connectivity index (χ4v) is 3.11. The van der Waals surface area contributed by atoms with E-state index in [1.165, 1.54) is 0 Å². The molecule has 5 heteroatoms. The molecule has 2 heterocycles. The van der Waals surface area contributed by atoms with E-state index in [9.17, 15) is 4.79 Å². The van der Waals surface area contributed by atoms with Crippen molar-refractivity contribution < 1.29 is 9.53 Å². The van der Waals surface area contributed by atoms with Gasteiger partial charge in [0.15, 0.2) is 0 Å². The molecule has 1 aliphatic heterocycles. The predicted molar refractivity (Wildman–Crippen MR) is 67.5 cm³/mol. The first-order chi connectivity index (χ1) is 7.75. The lowest BCUT2D eigenvalue weighted by molar-refractivity contribution is -0.135. The Labute approximate surface area is 107 Å². The molecule has 1 aliphatic rings. The maximum absolute atomic E-state index is 11.7. The highest BCUT2D eigenvalue weighted by molar-refractivity contribution is 9.11. The van der Waals surface area contributed by atoms with Crippen LogP contribution in [0.25, 0.3) is 0 Å². The molecule has 1 atom stereocenters. The Kier molecular flexibility index (Phi) is 4.37. The van der Waals surface area contributed by atoms with Crippen LogP contribution >= 0.6 is 27.3 Å². The third-order valence-corrected chi connectivity index (χ3v) is 4.16. The van der Waals surface area contributed by atoms with Gasteiger partial charge >= 0.3 is 0 Å². The van der Waals surface area contributed by atoms with Crippen LogP contribution in [0.2, 0.25) is 0 Å². The Morgan fingerprint density at radius 1 is 1.56 bits per heavy atom. The van der Waals surface area contributed by atoms with Crippen LogP contribution in [-0.2, 0) is 16.1 Å². The zero-order valence-electron chi connectivity index (χ0n) is 8.87. The Balaban J connectivity index is 1.78. The van der Waals surface area contributed by atoms with Gasteiger partial charge in [-0.05, 0) is 47.3 Å². The highest BCUT2D eigenvalue weighted by atomic mass is 79.9. The summed E-state index contributed by atoms with van der Waals surface area (Å²) < 4.78 is 6.50. The van der Waals surface area contributed by atoms with Crippen LogP contribution in [0.4, 0.5) is 0 Å². The van der Waals surface area contributed by atoms with Crippen molar-refractivity contribution in [1.82, 2.24) is 5.32 Å². The Hall–Kier alpha value is -0.390. The minimum absolute atomic E-state index is 0.0178. The molecule has 2 rings (SSSR count). The van der Waals surface area contributed by atoms with Crippen LogP contribution < -0.4 is 5.32 Å². The number of rotatable bonds is 3. The molecule has 1 amide bonds. The molecule has 1 fully saturated rings. The monoisotopic (exact) mass is 303 g/mol. The summed E-state index contributed by atoms with van der Waals surface area (Å²) in [5.41, 5.74) is 0. The summed E-state index contributed by atoms with van der Waals surface area (Å²) in [6.45, 7) is 1.30. The Morgan fingerprint density at radius 3 is 3.06 bits per heavy atom. The van der Waals surface area contributed by atoms with Gasteiger partial charge in [-0.25, -0.2) is 0 Å². The van der Waals surface area contributed by atoms with Gasteiger partial charge in [-0.1, -0.05) is 0 Å². The zero-order valence-corrected chi connectivity index (χ0v) is 11.3. The number of nitrogens with one attached hydrogen (secondary N) is 1. The smallest absolute Gasteiger partial charge is 0.249 e. The van der Waals surface area contributed by atoms with E-state index in [0.717, 1.165) is 27.9 Å². The fraction of sp³-hybridized carbons (Fsp3) is 0.545. The number of hydrogen-bond donors (Lipinski definition) is 1. The number of carbonyl (C=O) groups is 1. The normalized spacial score (nSPS) is 20.7. The predicted octanol–water partition coefficient (Wildman–Crippen LogP) is 2.70. The summed E-state index contributed by atoms with van der Waals surface area (Å²) in [7, 11) is 0. The van der Waals surface area contributed by atoms with Crippen molar-refractivity contribution in [1.29, 1.82) is 0 Å². The van der Waals surface area contributed by atoms with Crippen molar-refractivity contribution in [3.63, 3.8) is 0 Å². The van der Waals surface area contributed by atoms with E-state index in [1.54, 1.807) is 11.3 Å². The van der Waals surface area contributed by atoms with Crippen molar-refractivity contribution in [2.75, 3.05) is 6.61 Å². The number of ether oxygens (including phenoxy) is 1. The van der Waals surface area contributed by atoms with Crippen molar-refractivity contribution >= 4 is 33.2 Å². The first-order valence-electron chi connectivity index (χ1n) is 5.39. The van der Waals surface area contributed by atoms with Crippen LogP contribution in [0.5, 0.6) is 0 Å². The van der Waals surface area contributed by atoms with E-state index in [1.807, 2.05) is 12.1 Å². The van der Waals surface area contributed by atoms with Crippen LogP contribution in [-0.4, -0.2) is 18.6 Å². The zero-order chi connectivity index (χ0) is 11.4. The second-order valence-electron chi connectivity index (χ2n) is 3.78. The van der Waals surface area contributed by atoms with Gasteiger partial charge in [0.2, 0.25) is 5.91 Å². The van der Waals surface area contributed by atoms with Gasteiger partial charge in [-0.3, -0.25) is 4.79 Å².